The summed E-state index contributed by atoms with van der Waals surface area (Å²) in [6.45, 7) is 4.27. The Morgan fingerprint density at radius 1 is 1.79 bits per heavy atom. The van der Waals surface area contributed by atoms with Gasteiger partial charge in [-0.2, -0.15) is 5.10 Å². The highest BCUT2D eigenvalue weighted by Gasteiger charge is 2.12. The molecule has 0 aliphatic heterocycles. The zero-order valence-electron chi connectivity index (χ0n) is 8.17. The molecule has 1 aromatic heterocycles. The number of aromatic nitrogens is 3. The molecule has 0 saturated heterocycles. The van der Waals surface area contributed by atoms with Gasteiger partial charge < -0.3 is 9.84 Å². The number of carbonyl (C=O) groups is 1. The van der Waals surface area contributed by atoms with Gasteiger partial charge in [-0.3, -0.25) is 0 Å². The van der Waals surface area contributed by atoms with E-state index in [0.29, 0.717) is 12.4 Å². The first-order chi connectivity index (χ1) is 6.65. The van der Waals surface area contributed by atoms with Gasteiger partial charge in [0.05, 0.1) is 0 Å². The summed E-state index contributed by atoms with van der Waals surface area (Å²) < 4.78 is 6.73. The molecule has 0 amide bonds. The van der Waals surface area contributed by atoms with Gasteiger partial charge in [0.15, 0.2) is 11.9 Å². The van der Waals surface area contributed by atoms with E-state index in [-0.39, 0.29) is 6.61 Å². The summed E-state index contributed by atoms with van der Waals surface area (Å²) in [6.07, 6.45) is 0.602. The zero-order chi connectivity index (χ0) is 10.6. The maximum atomic E-state index is 10.4. The number of hydrogen-bond acceptors (Lipinski definition) is 4. The van der Waals surface area contributed by atoms with E-state index in [1.54, 1.807) is 4.68 Å². The van der Waals surface area contributed by atoms with Crippen molar-refractivity contribution < 1.29 is 14.6 Å². The van der Waals surface area contributed by atoms with Crippen molar-refractivity contribution in [2.75, 3.05) is 0 Å². The van der Waals surface area contributed by atoms with Crippen LogP contribution in [0.1, 0.15) is 19.7 Å². The molecule has 0 unspecified atom stereocenters. The average Bonchev–Trinajstić information content (AvgIpc) is 2.60. The minimum Gasteiger partial charge on any atom is -0.479 e. The second-order valence-electron chi connectivity index (χ2n) is 2.78. The molecule has 0 aliphatic rings. The molecule has 6 nitrogen and oxygen atoms in total. The Morgan fingerprint density at radius 3 is 3.07 bits per heavy atom. The predicted molar refractivity (Wildman–Crippen MR) is 47.6 cm³/mol. The predicted octanol–water partition coefficient (Wildman–Crippen LogP) is 0.288. The molecule has 1 rings (SSSR count). The normalized spacial score (nSPS) is 12.7. The summed E-state index contributed by atoms with van der Waals surface area (Å²) in [6, 6.07) is 0. The second-order valence-corrected chi connectivity index (χ2v) is 2.78. The second kappa shape index (κ2) is 4.71. The van der Waals surface area contributed by atoms with Gasteiger partial charge in [-0.25, -0.2) is 14.5 Å². The summed E-state index contributed by atoms with van der Waals surface area (Å²) in [5.74, 6) is -0.340. The van der Waals surface area contributed by atoms with Crippen LogP contribution in [0.2, 0.25) is 0 Å². The molecule has 0 aromatic carbocycles. The first kappa shape index (κ1) is 10.6. The van der Waals surface area contributed by atoms with Gasteiger partial charge in [0.2, 0.25) is 0 Å². The van der Waals surface area contributed by atoms with Crippen LogP contribution in [0.5, 0.6) is 0 Å². The number of aryl methyl sites for hydroxylation is 1. The first-order valence-corrected chi connectivity index (χ1v) is 4.36. The minimum atomic E-state index is -0.979. The van der Waals surface area contributed by atoms with Crippen molar-refractivity contribution >= 4 is 5.97 Å². The summed E-state index contributed by atoms with van der Waals surface area (Å²) in [7, 11) is 0. The molecule has 0 bridgehead atoms. The molecule has 0 aliphatic carbocycles. The maximum absolute atomic E-state index is 10.4. The largest absolute Gasteiger partial charge is 0.479 e. The highest BCUT2D eigenvalue weighted by molar-refractivity contribution is 5.71. The standard InChI is InChI=1S/C8H13N3O3/c1-3-11-7(9-5-10-11)4-14-6(2)8(12)13/h5-6H,3-4H2,1-2H3,(H,12,13)/t6-/m0/s1. The Kier molecular flexibility index (Phi) is 3.58. The topological polar surface area (TPSA) is 77.2 Å². The summed E-state index contributed by atoms with van der Waals surface area (Å²) in [5, 5.41) is 12.5. The lowest BCUT2D eigenvalue weighted by Crippen LogP contribution is -2.20. The van der Waals surface area contributed by atoms with Gasteiger partial charge in [0, 0.05) is 6.54 Å². The van der Waals surface area contributed by atoms with Crippen molar-refractivity contribution in [1.82, 2.24) is 14.8 Å². The van der Waals surface area contributed by atoms with Gasteiger partial charge >= 0.3 is 5.97 Å². The Bertz CT molecular complexity index is 311. The third kappa shape index (κ3) is 2.53. The van der Waals surface area contributed by atoms with Gasteiger partial charge in [0.1, 0.15) is 12.9 Å². The number of ether oxygens (including phenoxy) is 1. The first-order valence-electron chi connectivity index (χ1n) is 4.36. The SMILES string of the molecule is CCn1ncnc1CO[C@@H](C)C(=O)O. The highest BCUT2D eigenvalue weighted by Crippen LogP contribution is 2.00. The van der Waals surface area contributed by atoms with Crippen LogP contribution >= 0.6 is 0 Å². The lowest BCUT2D eigenvalue weighted by atomic mass is 10.4. The van der Waals surface area contributed by atoms with Gasteiger partial charge in [0.25, 0.3) is 0 Å². The van der Waals surface area contributed by atoms with E-state index in [1.165, 1.54) is 13.3 Å². The number of rotatable bonds is 5. The van der Waals surface area contributed by atoms with Crippen LogP contribution in [0.25, 0.3) is 0 Å². The van der Waals surface area contributed by atoms with Gasteiger partial charge in [-0.15, -0.1) is 0 Å². The molecule has 1 heterocycles. The van der Waals surface area contributed by atoms with Crippen LogP contribution in [0.3, 0.4) is 0 Å². The molecule has 0 radical (unpaired) electrons. The van der Waals surface area contributed by atoms with E-state index in [2.05, 4.69) is 10.1 Å². The zero-order valence-corrected chi connectivity index (χ0v) is 8.17. The number of carboxylic acids is 1. The minimum absolute atomic E-state index is 0.168. The van der Waals surface area contributed by atoms with Gasteiger partial charge in [-0.1, -0.05) is 0 Å². The maximum Gasteiger partial charge on any atom is 0.332 e. The number of carboxylic acid groups (broad SMARTS) is 1. The third-order valence-corrected chi connectivity index (χ3v) is 1.81. The van der Waals surface area contributed by atoms with Crippen LogP contribution in [0, 0.1) is 0 Å². The van der Waals surface area contributed by atoms with Crippen molar-refractivity contribution in [3.63, 3.8) is 0 Å². The Hall–Kier alpha value is -1.43. The van der Waals surface area contributed by atoms with Crippen LogP contribution in [0.15, 0.2) is 6.33 Å². The summed E-state index contributed by atoms with van der Waals surface area (Å²) in [5.41, 5.74) is 0. The lowest BCUT2D eigenvalue weighted by molar-refractivity contribution is -0.150. The molecule has 1 aromatic rings. The average molecular weight is 199 g/mol. The molecule has 0 spiro atoms. The van der Waals surface area contributed by atoms with Crippen molar-refractivity contribution in [2.24, 2.45) is 0 Å². The third-order valence-electron chi connectivity index (χ3n) is 1.81. The molecular formula is C8H13N3O3. The molecule has 14 heavy (non-hydrogen) atoms. The Balaban J connectivity index is 2.49. The molecule has 1 atom stereocenters. The smallest absolute Gasteiger partial charge is 0.332 e. The number of hydrogen-bond donors (Lipinski definition) is 1. The summed E-state index contributed by atoms with van der Waals surface area (Å²) in [4.78, 5) is 14.4. The molecule has 0 fully saturated rings. The van der Waals surface area contributed by atoms with Crippen LogP contribution in [-0.2, 0) is 22.7 Å². The molecular weight excluding hydrogens is 186 g/mol. The molecule has 0 saturated carbocycles. The van der Waals surface area contributed by atoms with Crippen molar-refractivity contribution in [3.05, 3.63) is 12.2 Å². The van der Waals surface area contributed by atoms with E-state index in [1.807, 2.05) is 6.92 Å². The van der Waals surface area contributed by atoms with Crippen molar-refractivity contribution in [3.8, 4) is 0 Å². The van der Waals surface area contributed by atoms with Crippen LogP contribution in [-0.4, -0.2) is 31.9 Å². The van der Waals surface area contributed by atoms with E-state index < -0.39 is 12.1 Å². The van der Waals surface area contributed by atoms with E-state index in [9.17, 15) is 4.79 Å². The van der Waals surface area contributed by atoms with Crippen LogP contribution < -0.4 is 0 Å². The number of aliphatic carboxylic acids is 1. The van der Waals surface area contributed by atoms with Crippen molar-refractivity contribution in [1.29, 1.82) is 0 Å². The van der Waals surface area contributed by atoms with E-state index >= 15 is 0 Å². The molecule has 6 heteroatoms. The fourth-order valence-corrected chi connectivity index (χ4v) is 0.935. The van der Waals surface area contributed by atoms with Crippen molar-refractivity contribution in [2.45, 2.75) is 33.1 Å². The fourth-order valence-electron chi connectivity index (χ4n) is 0.935. The fraction of sp³-hybridized carbons (Fsp3) is 0.625. The highest BCUT2D eigenvalue weighted by atomic mass is 16.5. The monoisotopic (exact) mass is 199 g/mol. The molecule has 1 N–H and O–H groups in total. The quantitative estimate of drug-likeness (QED) is 0.737. The van der Waals surface area contributed by atoms with Crippen LogP contribution in [0.4, 0.5) is 0 Å². The summed E-state index contributed by atoms with van der Waals surface area (Å²) >= 11 is 0. The van der Waals surface area contributed by atoms with E-state index in [0.717, 1.165) is 0 Å². The van der Waals surface area contributed by atoms with Gasteiger partial charge in [-0.05, 0) is 13.8 Å². The Morgan fingerprint density at radius 2 is 2.50 bits per heavy atom. The lowest BCUT2D eigenvalue weighted by Gasteiger charge is -2.07. The molecule has 78 valence electrons. The van der Waals surface area contributed by atoms with E-state index in [4.69, 9.17) is 9.84 Å². The number of nitrogens with zero attached hydrogens (tertiary/aromatic N) is 3. The Labute approximate surface area is 81.5 Å².